The summed E-state index contributed by atoms with van der Waals surface area (Å²) in [7, 11) is 0. The van der Waals surface area contributed by atoms with Crippen molar-refractivity contribution in [2.45, 2.75) is 39.5 Å². The number of anilines is 2. The molecule has 8 heteroatoms. The number of esters is 1. The molecule has 7 nitrogen and oxygen atoms in total. The monoisotopic (exact) mass is 534 g/mol. The molecule has 3 aromatic rings. The second kappa shape index (κ2) is 11.3. The summed E-state index contributed by atoms with van der Waals surface area (Å²) in [5.74, 6) is -0.537. The summed E-state index contributed by atoms with van der Waals surface area (Å²) in [5, 5.41) is 3.21. The van der Waals surface area contributed by atoms with E-state index in [1.165, 1.54) is 5.56 Å². The lowest BCUT2D eigenvalue weighted by Gasteiger charge is -2.19. The Labute approximate surface area is 227 Å². The fourth-order valence-electron chi connectivity index (χ4n) is 4.15. The molecule has 38 heavy (non-hydrogen) atoms. The van der Waals surface area contributed by atoms with E-state index >= 15 is 0 Å². The molecular formula is C30H31ClN2O5. The van der Waals surface area contributed by atoms with Crippen LogP contribution in [0, 0.1) is 12.8 Å². The van der Waals surface area contributed by atoms with Gasteiger partial charge in [0.1, 0.15) is 11.5 Å². The Balaban J connectivity index is 1.30. The molecule has 0 aromatic heterocycles. The van der Waals surface area contributed by atoms with Crippen molar-refractivity contribution < 1.29 is 23.9 Å². The first-order valence-electron chi connectivity index (χ1n) is 12.4. The molecule has 1 heterocycles. The van der Waals surface area contributed by atoms with Crippen molar-refractivity contribution in [2.24, 2.45) is 5.92 Å². The van der Waals surface area contributed by atoms with Gasteiger partial charge in [0.15, 0.2) is 6.61 Å². The first-order valence-corrected chi connectivity index (χ1v) is 12.8. The summed E-state index contributed by atoms with van der Waals surface area (Å²) in [6.07, 6.45) is 0.0201. The Morgan fingerprint density at radius 2 is 1.63 bits per heavy atom. The van der Waals surface area contributed by atoms with Gasteiger partial charge in [0, 0.05) is 29.4 Å². The maximum absolute atomic E-state index is 12.6. The van der Waals surface area contributed by atoms with E-state index in [0.29, 0.717) is 22.1 Å². The SMILES string of the molecule is Cc1c(Cl)cccc1NC(=O)COC(=O)[C@@H]1CC(=O)N(c2ccc(Oc3ccc(C(C)(C)C)cc3)cc2)C1. The smallest absolute Gasteiger partial charge is 0.311 e. The van der Waals surface area contributed by atoms with Crippen molar-refractivity contribution >= 4 is 40.8 Å². The van der Waals surface area contributed by atoms with Gasteiger partial charge >= 0.3 is 5.97 Å². The van der Waals surface area contributed by atoms with Crippen LogP contribution in [0.2, 0.25) is 5.02 Å². The molecule has 3 aromatic carbocycles. The molecular weight excluding hydrogens is 504 g/mol. The Bertz CT molecular complexity index is 1330. The van der Waals surface area contributed by atoms with Gasteiger partial charge in [-0.3, -0.25) is 14.4 Å². The maximum atomic E-state index is 12.6. The zero-order valence-electron chi connectivity index (χ0n) is 21.9. The van der Waals surface area contributed by atoms with E-state index in [4.69, 9.17) is 21.1 Å². The predicted molar refractivity (Wildman–Crippen MR) is 148 cm³/mol. The standard InChI is InChI=1S/C30H31ClN2O5/c1-19-25(31)6-5-7-26(19)32-27(34)18-37-29(36)20-16-28(35)33(17-20)22-10-14-24(15-11-22)38-23-12-8-21(9-13-23)30(2,3)4/h5-15,20H,16-18H2,1-4H3,(H,32,34)/t20-/m1/s1. The van der Waals surface area contributed by atoms with E-state index in [1.54, 1.807) is 54.3 Å². The number of carbonyl (C=O) groups is 3. The number of carbonyl (C=O) groups excluding carboxylic acids is 3. The van der Waals surface area contributed by atoms with Gasteiger partial charge in [-0.1, -0.05) is 50.6 Å². The lowest BCUT2D eigenvalue weighted by atomic mass is 9.87. The van der Waals surface area contributed by atoms with Crippen molar-refractivity contribution in [3.05, 3.63) is 82.9 Å². The third kappa shape index (κ3) is 6.53. The van der Waals surface area contributed by atoms with Gasteiger partial charge in [0.25, 0.3) is 5.91 Å². The number of nitrogens with one attached hydrogen (secondary N) is 1. The van der Waals surface area contributed by atoms with Gasteiger partial charge in [0.2, 0.25) is 5.91 Å². The maximum Gasteiger partial charge on any atom is 0.311 e. The van der Waals surface area contributed by atoms with Crippen molar-refractivity contribution in [1.82, 2.24) is 0 Å². The second-order valence-corrected chi connectivity index (χ2v) is 10.8. The van der Waals surface area contributed by atoms with Crippen LogP contribution >= 0.6 is 11.6 Å². The molecule has 0 saturated carbocycles. The van der Waals surface area contributed by atoms with Crippen molar-refractivity contribution in [3.8, 4) is 11.5 Å². The van der Waals surface area contributed by atoms with E-state index in [1.807, 2.05) is 24.3 Å². The van der Waals surface area contributed by atoms with E-state index in [-0.39, 0.29) is 24.3 Å². The Morgan fingerprint density at radius 3 is 2.26 bits per heavy atom. The van der Waals surface area contributed by atoms with Crippen LogP contribution in [-0.2, 0) is 24.5 Å². The normalized spacial score (nSPS) is 15.3. The average Bonchev–Trinajstić information content (AvgIpc) is 3.27. The van der Waals surface area contributed by atoms with Crippen LogP contribution in [-0.4, -0.2) is 30.9 Å². The molecule has 4 rings (SSSR count). The lowest BCUT2D eigenvalue weighted by molar-refractivity contribution is -0.151. The highest BCUT2D eigenvalue weighted by atomic mass is 35.5. The van der Waals surface area contributed by atoms with Crippen LogP contribution in [0.4, 0.5) is 11.4 Å². The first-order chi connectivity index (χ1) is 18.0. The Morgan fingerprint density at radius 1 is 1.00 bits per heavy atom. The highest BCUT2D eigenvalue weighted by Crippen LogP contribution is 2.30. The zero-order chi connectivity index (χ0) is 27.4. The van der Waals surface area contributed by atoms with Crippen LogP contribution in [0.1, 0.15) is 38.3 Å². The van der Waals surface area contributed by atoms with E-state index in [0.717, 1.165) is 11.3 Å². The molecule has 1 fully saturated rings. The minimum Gasteiger partial charge on any atom is -0.457 e. The fourth-order valence-corrected chi connectivity index (χ4v) is 4.33. The quantitative estimate of drug-likeness (QED) is 0.361. The summed E-state index contributed by atoms with van der Waals surface area (Å²) in [4.78, 5) is 39.0. The third-order valence-corrected chi connectivity index (χ3v) is 6.86. The molecule has 1 saturated heterocycles. The number of benzene rings is 3. The van der Waals surface area contributed by atoms with Gasteiger partial charge in [-0.2, -0.15) is 0 Å². The second-order valence-electron chi connectivity index (χ2n) is 10.3. The molecule has 2 amide bonds. The number of ether oxygens (including phenoxy) is 2. The van der Waals surface area contributed by atoms with Gasteiger partial charge < -0.3 is 19.7 Å². The number of hydrogen-bond donors (Lipinski definition) is 1. The van der Waals surface area contributed by atoms with Gasteiger partial charge in [-0.05, 0) is 72.0 Å². The molecule has 0 aliphatic carbocycles. The Hall–Kier alpha value is -3.84. The average molecular weight is 535 g/mol. The molecule has 1 aliphatic heterocycles. The summed E-state index contributed by atoms with van der Waals surface area (Å²) in [6, 6.07) is 20.3. The predicted octanol–water partition coefficient (Wildman–Crippen LogP) is 6.27. The highest BCUT2D eigenvalue weighted by Gasteiger charge is 2.36. The molecule has 1 aliphatic rings. The minimum absolute atomic E-state index is 0.0201. The van der Waals surface area contributed by atoms with Crippen molar-refractivity contribution in [2.75, 3.05) is 23.4 Å². The van der Waals surface area contributed by atoms with E-state index in [9.17, 15) is 14.4 Å². The van der Waals surface area contributed by atoms with Gasteiger partial charge in [-0.15, -0.1) is 0 Å². The summed E-state index contributed by atoms with van der Waals surface area (Å²) in [6.45, 7) is 7.99. The van der Waals surface area contributed by atoms with Crippen LogP contribution in [0.25, 0.3) is 0 Å². The van der Waals surface area contributed by atoms with Crippen LogP contribution in [0.15, 0.2) is 66.7 Å². The van der Waals surface area contributed by atoms with Crippen LogP contribution in [0.3, 0.4) is 0 Å². The van der Waals surface area contributed by atoms with E-state index < -0.39 is 24.4 Å². The molecule has 1 N–H and O–H groups in total. The number of amides is 2. The summed E-state index contributed by atoms with van der Waals surface area (Å²) < 4.78 is 11.1. The minimum atomic E-state index is -0.652. The number of hydrogen-bond acceptors (Lipinski definition) is 5. The molecule has 0 bridgehead atoms. The van der Waals surface area contributed by atoms with Gasteiger partial charge in [-0.25, -0.2) is 0 Å². The number of halogens is 1. The molecule has 0 radical (unpaired) electrons. The summed E-state index contributed by atoms with van der Waals surface area (Å²) >= 11 is 6.07. The molecule has 198 valence electrons. The topological polar surface area (TPSA) is 84.9 Å². The third-order valence-electron chi connectivity index (χ3n) is 6.45. The highest BCUT2D eigenvalue weighted by molar-refractivity contribution is 6.31. The largest absolute Gasteiger partial charge is 0.457 e. The number of rotatable bonds is 7. The molecule has 0 spiro atoms. The van der Waals surface area contributed by atoms with Crippen LogP contribution in [0.5, 0.6) is 11.5 Å². The molecule has 0 unspecified atom stereocenters. The van der Waals surface area contributed by atoms with E-state index in [2.05, 4.69) is 26.1 Å². The molecule has 1 atom stereocenters. The fraction of sp³-hybridized carbons (Fsp3) is 0.300. The zero-order valence-corrected chi connectivity index (χ0v) is 22.7. The first kappa shape index (κ1) is 27.2. The Kier molecular flexibility index (Phi) is 8.07. The summed E-state index contributed by atoms with van der Waals surface area (Å²) in [5.41, 5.74) is 3.22. The number of nitrogens with zero attached hydrogens (tertiary/aromatic N) is 1. The lowest BCUT2D eigenvalue weighted by Crippen LogP contribution is -2.28. The van der Waals surface area contributed by atoms with Gasteiger partial charge in [0.05, 0.1) is 5.92 Å². The van der Waals surface area contributed by atoms with Crippen molar-refractivity contribution in [1.29, 1.82) is 0 Å². The van der Waals surface area contributed by atoms with Crippen molar-refractivity contribution in [3.63, 3.8) is 0 Å². The van der Waals surface area contributed by atoms with Crippen LogP contribution < -0.4 is 15.0 Å².